The summed E-state index contributed by atoms with van der Waals surface area (Å²) < 4.78 is 11.0. The molecule has 1 aliphatic rings. The van der Waals surface area contributed by atoms with Gasteiger partial charge in [-0.15, -0.1) is 0 Å². The molecule has 1 N–H and O–H groups in total. The Labute approximate surface area is 136 Å². The summed E-state index contributed by atoms with van der Waals surface area (Å²) in [4.78, 5) is 14.6. The lowest BCUT2D eigenvalue weighted by Gasteiger charge is -2.34. The summed E-state index contributed by atoms with van der Waals surface area (Å²) in [5.74, 6) is 0.958. The van der Waals surface area contributed by atoms with Gasteiger partial charge in [0.15, 0.2) is 11.5 Å². The zero-order valence-electron chi connectivity index (χ0n) is 13.3. The summed E-state index contributed by atoms with van der Waals surface area (Å²) in [5, 5.41) is 3.67. The minimum Gasteiger partial charge on any atom is -0.493 e. The summed E-state index contributed by atoms with van der Waals surface area (Å²) >= 11 is 6.28. The van der Waals surface area contributed by atoms with E-state index in [-0.39, 0.29) is 11.9 Å². The fraction of sp³-hybridized carbons (Fsp3) is 0.562. The predicted molar refractivity (Wildman–Crippen MR) is 87.2 cm³/mol. The van der Waals surface area contributed by atoms with Crippen molar-refractivity contribution in [1.82, 2.24) is 10.2 Å². The normalized spacial score (nSPS) is 18.2. The average molecular weight is 327 g/mol. The third-order valence-corrected chi connectivity index (χ3v) is 3.97. The Balaban J connectivity index is 2.27. The van der Waals surface area contributed by atoms with Crippen molar-refractivity contribution in [3.63, 3.8) is 0 Å². The van der Waals surface area contributed by atoms with Gasteiger partial charge >= 0.3 is 0 Å². The first-order valence-corrected chi connectivity index (χ1v) is 7.98. The van der Waals surface area contributed by atoms with Gasteiger partial charge in [0.1, 0.15) is 0 Å². The number of carbonyl (C=O) groups is 1. The van der Waals surface area contributed by atoms with E-state index in [1.165, 1.54) is 0 Å². The summed E-state index contributed by atoms with van der Waals surface area (Å²) in [5.41, 5.74) is 0.527. The molecular formula is C16H23ClN2O3. The molecule has 0 spiro atoms. The summed E-state index contributed by atoms with van der Waals surface area (Å²) in [7, 11) is 1.55. The largest absolute Gasteiger partial charge is 0.493 e. The Morgan fingerprint density at radius 2 is 2.27 bits per heavy atom. The van der Waals surface area contributed by atoms with Gasteiger partial charge in [-0.3, -0.25) is 4.79 Å². The van der Waals surface area contributed by atoms with Crippen molar-refractivity contribution >= 4 is 17.5 Å². The summed E-state index contributed by atoms with van der Waals surface area (Å²) in [6.45, 7) is 6.89. The number of carbonyl (C=O) groups excluding carboxylic acids is 1. The topological polar surface area (TPSA) is 50.8 Å². The number of benzene rings is 1. The van der Waals surface area contributed by atoms with Crippen molar-refractivity contribution in [3.05, 3.63) is 22.7 Å². The molecule has 6 heteroatoms. The molecule has 1 aromatic rings. The van der Waals surface area contributed by atoms with Crippen LogP contribution in [-0.4, -0.2) is 50.2 Å². The van der Waals surface area contributed by atoms with Gasteiger partial charge in [0.2, 0.25) is 0 Å². The lowest BCUT2D eigenvalue weighted by Crippen LogP contribution is -2.52. The van der Waals surface area contributed by atoms with E-state index in [0.717, 1.165) is 19.5 Å². The Bertz CT molecular complexity index is 536. The Morgan fingerprint density at radius 1 is 1.50 bits per heavy atom. The number of nitrogens with zero attached hydrogens (tertiary/aromatic N) is 1. The molecule has 1 aliphatic heterocycles. The standard InChI is InChI=1S/C16H23ClN2O3/c1-4-7-22-15-13(17)8-12(9-14(15)21-3)16(20)19-6-5-18-10-11(19)2/h8-9,11,18H,4-7,10H2,1-3H3. The van der Waals surface area contributed by atoms with Crippen LogP contribution < -0.4 is 14.8 Å². The highest BCUT2D eigenvalue weighted by Crippen LogP contribution is 2.37. The highest BCUT2D eigenvalue weighted by atomic mass is 35.5. The molecule has 1 amide bonds. The zero-order chi connectivity index (χ0) is 16.1. The Kier molecular flexibility index (Phi) is 5.91. The van der Waals surface area contributed by atoms with Crippen molar-refractivity contribution in [1.29, 1.82) is 0 Å². The van der Waals surface area contributed by atoms with Crippen LogP contribution in [0, 0.1) is 0 Å². The van der Waals surface area contributed by atoms with E-state index in [2.05, 4.69) is 5.32 Å². The lowest BCUT2D eigenvalue weighted by atomic mass is 10.1. The maximum Gasteiger partial charge on any atom is 0.254 e. The minimum absolute atomic E-state index is 0.0313. The van der Waals surface area contributed by atoms with Gasteiger partial charge in [-0.2, -0.15) is 0 Å². The summed E-state index contributed by atoms with van der Waals surface area (Å²) in [6.07, 6.45) is 0.873. The van der Waals surface area contributed by atoms with Gasteiger partial charge in [0.25, 0.3) is 5.91 Å². The molecule has 22 heavy (non-hydrogen) atoms. The first-order valence-electron chi connectivity index (χ1n) is 7.60. The molecule has 0 radical (unpaired) electrons. The number of piperazine rings is 1. The molecule has 5 nitrogen and oxygen atoms in total. The van der Waals surface area contributed by atoms with E-state index in [1.807, 2.05) is 18.7 Å². The molecule has 122 valence electrons. The number of amides is 1. The van der Waals surface area contributed by atoms with Gasteiger partial charge in [0, 0.05) is 31.2 Å². The van der Waals surface area contributed by atoms with Crippen molar-refractivity contribution in [2.24, 2.45) is 0 Å². The van der Waals surface area contributed by atoms with Crippen LogP contribution in [0.25, 0.3) is 0 Å². The number of halogens is 1. The fourth-order valence-corrected chi connectivity index (χ4v) is 2.76. The van der Waals surface area contributed by atoms with E-state index in [4.69, 9.17) is 21.1 Å². The quantitative estimate of drug-likeness (QED) is 0.903. The van der Waals surface area contributed by atoms with Gasteiger partial charge in [0.05, 0.1) is 18.7 Å². The second-order valence-corrected chi connectivity index (χ2v) is 5.80. The highest BCUT2D eigenvalue weighted by molar-refractivity contribution is 6.32. The van der Waals surface area contributed by atoms with Crippen molar-refractivity contribution in [2.75, 3.05) is 33.4 Å². The molecular weight excluding hydrogens is 304 g/mol. The third kappa shape index (κ3) is 3.65. The van der Waals surface area contributed by atoms with E-state index >= 15 is 0 Å². The smallest absolute Gasteiger partial charge is 0.254 e. The van der Waals surface area contributed by atoms with E-state index in [9.17, 15) is 4.79 Å². The van der Waals surface area contributed by atoms with E-state index < -0.39 is 0 Å². The molecule has 1 fully saturated rings. The van der Waals surface area contributed by atoms with Crippen LogP contribution in [0.3, 0.4) is 0 Å². The first kappa shape index (κ1) is 16.9. The molecule has 1 unspecified atom stereocenters. The van der Waals surface area contributed by atoms with Crippen LogP contribution in [0.15, 0.2) is 12.1 Å². The molecule has 0 aromatic heterocycles. The molecule has 1 heterocycles. The highest BCUT2D eigenvalue weighted by Gasteiger charge is 2.25. The minimum atomic E-state index is -0.0313. The number of nitrogens with one attached hydrogen (secondary N) is 1. The molecule has 1 saturated heterocycles. The van der Waals surface area contributed by atoms with Crippen LogP contribution in [0.2, 0.25) is 5.02 Å². The molecule has 0 saturated carbocycles. The van der Waals surface area contributed by atoms with Crippen LogP contribution in [-0.2, 0) is 0 Å². The Morgan fingerprint density at radius 3 is 2.91 bits per heavy atom. The molecule has 0 aliphatic carbocycles. The maximum absolute atomic E-state index is 12.7. The third-order valence-electron chi connectivity index (χ3n) is 3.69. The average Bonchev–Trinajstić information content (AvgIpc) is 2.53. The molecule has 1 atom stereocenters. The first-order chi connectivity index (χ1) is 10.6. The second kappa shape index (κ2) is 7.70. The lowest BCUT2D eigenvalue weighted by molar-refractivity contribution is 0.0655. The zero-order valence-corrected chi connectivity index (χ0v) is 14.1. The monoisotopic (exact) mass is 326 g/mol. The SMILES string of the molecule is CCCOc1c(Cl)cc(C(=O)N2CCNCC2C)cc1OC. The molecule has 0 bridgehead atoms. The van der Waals surface area contributed by atoms with Crippen molar-refractivity contribution < 1.29 is 14.3 Å². The predicted octanol–water partition coefficient (Wildman–Crippen LogP) is 2.57. The van der Waals surface area contributed by atoms with Gasteiger partial charge in [-0.1, -0.05) is 18.5 Å². The van der Waals surface area contributed by atoms with Gasteiger partial charge in [-0.05, 0) is 25.5 Å². The number of rotatable bonds is 5. The van der Waals surface area contributed by atoms with E-state index in [1.54, 1.807) is 19.2 Å². The Hall–Kier alpha value is -1.46. The van der Waals surface area contributed by atoms with Crippen LogP contribution in [0.1, 0.15) is 30.6 Å². The fourth-order valence-electron chi connectivity index (χ4n) is 2.50. The van der Waals surface area contributed by atoms with Crippen LogP contribution in [0.4, 0.5) is 0 Å². The van der Waals surface area contributed by atoms with Crippen LogP contribution in [0.5, 0.6) is 11.5 Å². The van der Waals surface area contributed by atoms with E-state index in [0.29, 0.717) is 35.2 Å². The second-order valence-electron chi connectivity index (χ2n) is 5.39. The van der Waals surface area contributed by atoms with Crippen molar-refractivity contribution in [2.45, 2.75) is 26.3 Å². The van der Waals surface area contributed by atoms with Crippen molar-refractivity contribution in [3.8, 4) is 11.5 Å². The molecule has 1 aromatic carbocycles. The number of hydrogen-bond acceptors (Lipinski definition) is 4. The number of methoxy groups -OCH3 is 1. The summed E-state index contributed by atoms with van der Waals surface area (Å²) in [6, 6.07) is 3.52. The van der Waals surface area contributed by atoms with Gasteiger partial charge in [-0.25, -0.2) is 0 Å². The maximum atomic E-state index is 12.7. The van der Waals surface area contributed by atoms with Crippen LogP contribution >= 0.6 is 11.6 Å². The molecule has 2 rings (SSSR count). The number of hydrogen-bond donors (Lipinski definition) is 1. The van der Waals surface area contributed by atoms with Gasteiger partial charge < -0.3 is 19.7 Å². The number of ether oxygens (including phenoxy) is 2.